The highest BCUT2D eigenvalue weighted by Gasteiger charge is 2.14. The zero-order chi connectivity index (χ0) is 21.0. The van der Waals surface area contributed by atoms with E-state index >= 15 is 0 Å². The van der Waals surface area contributed by atoms with Gasteiger partial charge in [0.25, 0.3) is 5.91 Å². The number of halogens is 1. The molecule has 150 valence electrons. The number of nitrogens with zero attached hydrogens (tertiary/aromatic N) is 2. The van der Waals surface area contributed by atoms with Crippen LogP contribution in [-0.4, -0.2) is 31.3 Å². The lowest BCUT2D eigenvalue weighted by Gasteiger charge is -2.10. The van der Waals surface area contributed by atoms with Crippen LogP contribution in [-0.2, 0) is 16.6 Å². The van der Waals surface area contributed by atoms with Crippen molar-refractivity contribution in [2.45, 2.75) is 18.4 Å². The molecule has 0 spiro atoms. The van der Waals surface area contributed by atoms with Gasteiger partial charge in [-0.2, -0.15) is 0 Å². The quantitative estimate of drug-likeness (QED) is 0.645. The first-order chi connectivity index (χ1) is 13.8. The van der Waals surface area contributed by atoms with E-state index in [0.717, 1.165) is 0 Å². The summed E-state index contributed by atoms with van der Waals surface area (Å²) in [7, 11) is -2.22. The molecule has 0 fully saturated rings. The van der Waals surface area contributed by atoms with Crippen molar-refractivity contribution in [1.82, 2.24) is 20.0 Å². The highest BCUT2D eigenvalue weighted by Crippen LogP contribution is 2.17. The molecule has 2 N–H and O–H groups in total. The Hall–Kier alpha value is -3.17. The summed E-state index contributed by atoms with van der Waals surface area (Å²) in [5.74, 6) is -0.341. The Kier molecular flexibility index (Phi) is 6.00. The molecule has 0 radical (unpaired) electrons. The van der Waals surface area contributed by atoms with Gasteiger partial charge in [0.15, 0.2) is 5.82 Å². The summed E-state index contributed by atoms with van der Waals surface area (Å²) in [6.45, 7) is 1.83. The van der Waals surface area contributed by atoms with E-state index in [1.54, 1.807) is 31.2 Å². The summed E-state index contributed by atoms with van der Waals surface area (Å²) in [5, 5.41) is 2.74. The zero-order valence-corrected chi connectivity index (χ0v) is 16.6. The molecule has 1 aromatic heterocycles. The van der Waals surface area contributed by atoms with Crippen LogP contribution < -0.4 is 10.0 Å². The molecule has 0 atom stereocenters. The van der Waals surface area contributed by atoms with Gasteiger partial charge in [0.1, 0.15) is 5.82 Å². The van der Waals surface area contributed by atoms with Gasteiger partial charge in [0, 0.05) is 18.3 Å². The van der Waals surface area contributed by atoms with Gasteiger partial charge in [-0.1, -0.05) is 12.1 Å². The van der Waals surface area contributed by atoms with Gasteiger partial charge in [-0.15, -0.1) is 0 Å². The zero-order valence-electron chi connectivity index (χ0n) is 15.8. The highest BCUT2D eigenvalue weighted by molar-refractivity contribution is 7.89. The first-order valence-electron chi connectivity index (χ1n) is 8.70. The number of hydrogen-bond acceptors (Lipinski definition) is 5. The molecule has 2 aromatic carbocycles. The van der Waals surface area contributed by atoms with Crippen LogP contribution >= 0.6 is 0 Å². The van der Waals surface area contributed by atoms with E-state index in [1.807, 2.05) is 0 Å². The number of amides is 1. The Balaban J connectivity index is 1.73. The van der Waals surface area contributed by atoms with Crippen LogP contribution in [0.15, 0.2) is 59.6 Å². The predicted molar refractivity (Wildman–Crippen MR) is 106 cm³/mol. The third-order valence-corrected chi connectivity index (χ3v) is 5.67. The molecule has 3 aromatic rings. The van der Waals surface area contributed by atoms with E-state index in [0.29, 0.717) is 28.2 Å². The molecular weight excluding hydrogens is 395 g/mol. The van der Waals surface area contributed by atoms with Crippen molar-refractivity contribution >= 4 is 15.9 Å². The molecule has 1 amide bonds. The van der Waals surface area contributed by atoms with Crippen LogP contribution in [0.5, 0.6) is 0 Å². The van der Waals surface area contributed by atoms with Gasteiger partial charge in [0.05, 0.1) is 16.2 Å². The topological polar surface area (TPSA) is 101 Å². The third kappa shape index (κ3) is 4.82. The largest absolute Gasteiger partial charge is 0.348 e. The monoisotopic (exact) mass is 414 g/mol. The Bertz CT molecular complexity index is 1150. The van der Waals surface area contributed by atoms with Crippen molar-refractivity contribution in [3.8, 4) is 11.4 Å². The van der Waals surface area contributed by atoms with Gasteiger partial charge in [-0.25, -0.2) is 27.5 Å². The molecule has 0 bridgehead atoms. The van der Waals surface area contributed by atoms with E-state index in [2.05, 4.69) is 20.0 Å². The highest BCUT2D eigenvalue weighted by atomic mass is 32.2. The molecular formula is C20H19FN4O3S. The van der Waals surface area contributed by atoms with Crippen LogP contribution in [0.25, 0.3) is 11.4 Å². The Morgan fingerprint density at radius 1 is 1.14 bits per heavy atom. The Morgan fingerprint density at radius 3 is 2.52 bits per heavy atom. The third-order valence-electron chi connectivity index (χ3n) is 4.26. The molecule has 29 heavy (non-hydrogen) atoms. The summed E-state index contributed by atoms with van der Waals surface area (Å²) in [6, 6.07) is 12.1. The minimum absolute atomic E-state index is 0.120. The standard InChI is InChI=1S/C20H19FN4O3S/c1-13-18(12-23-19(25-13)15-6-8-16(21)9-7-15)20(26)24-11-14-4-3-5-17(10-14)29(27,28)22-2/h3-10,12,22H,11H2,1-2H3,(H,24,26). The smallest absolute Gasteiger partial charge is 0.254 e. The van der Waals surface area contributed by atoms with E-state index in [1.165, 1.54) is 37.5 Å². The summed E-state index contributed by atoms with van der Waals surface area (Å²) in [5.41, 5.74) is 2.05. The number of carbonyl (C=O) groups excluding carboxylic acids is 1. The van der Waals surface area contributed by atoms with Crippen molar-refractivity contribution in [2.75, 3.05) is 7.05 Å². The lowest BCUT2D eigenvalue weighted by atomic mass is 10.1. The van der Waals surface area contributed by atoms with Crippen LogP contribution in [0.3, 0.4) is 0 Å². The van der Waals surface area contributed by atoms with Crippen molar-refractivity contribution in [2.24, 2.45) is 0 Å². The predicted octanol–water partition coefficient (Wildman–Crippen LogP) is 2.43. The fraction of sp³-hybridized carbons (Fsp3) is 0.150. The Labute approximate surface area is 168 Å². The van der Waals surface area contributed by atoms with Crippen LogP contribution in [0.1, 0.15) is 21.6 Å². The van der Waals surface area contributed by atoms with E-state index in [9.17, 15) is 17.6 Å². The average molecular weight is 414 g/mol. The molecule has 3 rings (SSSR count). The first-order valence-corrected chi connectivity index (χ1v) is 10.2. The molecule has 0 unspecified atom stereocenters. The fourth-order valence-corrected chi connectivity index (χ4v) is 3.45. The van der Waals surface area contributed by atoms with E-state index in [-0.39, 0.29) is 23.2 Å². The number of benzene rings is 2. The maximum atomic E-state index is 13.1. The van der Waals surface area contributed by atoms with Gasteiger partial charge in [-0.3, -0.25) is 4.79 Å². The van der Waals surface area contributed by atoms with Gasteiger partial charge >= 0.3 is 0 Å². The molecule has 7 nitrogen and oxygen atoms in total. The van der Waals surface area contributed by atoms with Crippen molar-refractivity contribution < 1.29 is 17.6 Å². The van der Waals surface area contributed by atoms with Crippen molar-refractivity contribution in [3.05, 3.63) is 77.4 Å². The van der Waals surface area contributed by atoms with E-state index < -0.39 is 10.0 Å². The fourth-order valence-electron chi connectivity index (χ4n) is 2.65. The number of aromatic nitrogens is 2. The second-order valence-corrected chi connectivity index (χ2v) is 8.12. The Morgan fingerprint density at radius 2 is 1.86 bits per heavy atom. The van der Waals surface area contributed by atoms with E-state index in [4.69, 9.17) is 0 Å². The number of carbonyl (C=O) groups is 1. The average Bonchev–Trinajstić information content (AvgIpc) is 2.72. The van der Waals surface area contributed by atoms with Crippen molar-refractivity contribution in [1.29, 1.82) is 0 Å². The lowest BCUT2D eigenvalue weighted by molar-refractivity contribution is 0.0949. The van der Waals surface area contributed by atoms with Crippen molar-refractivity contribution in [3.63, 3.8) is 0 Å². The summed E-state index contributed by atoms with van der Waals surface area (Å²) < 4.78 is 39.1. The van der Waals surface area contributed by atoms with Crippen LogP contribution in [0.2, 0.25) is 0 Å². The molecule has 0 aliphatic heterocycles. The summed E-state index contributed by atoms with van der Waals surface area (Å²) in [4.78, 5) is 21.1. The minimum atomic E-state index is -3.56. The number of hydrogen-bond donors (Lipinski definition) is 2. The number of nitrogens with one attached hydrogen (secondary N) is 2. The molecule has 0 aliphatic carbocycles. The van der Waals surface area contributed by atoms with Gasteiger partial charge in [-0.05, 0) is 55.9 Å². The van der Waals surface area contributed by atoms with Crippen LogP contribution in [0.4, 0.5) is 4.39 Å². The molecule has 1 heterocycles. The van der Waals surface area contributed by atoms with Gasteiger partial charge < -0.3 is 5.32 Å². The summed E-state index contributed by atoms with van der Waals surface area (Å²) in [6.07, 6.45) is 1.41. The number of aryl methyl sites for hydroxylation is 1. The normalized spacial score (nSPS) is 11.3. The molecule has 9 heteroatoms. The second kappa shape index (κ2) is 8.46. The first kappa shape index (κ1) is 20.6. The molecule has 0 aliphatic rings. The maximum absolute atomic E-state index is 13.1. The SMILES string of the molecule is CNS(=O)(=O)c1cccc(CNC(=O)c2cnc(-c3ccc(F)cc3)nc2C)c1. The van der Waals surface area contributed by atoms with Gasteiger partial charge in [0.2, 0.25) is 10.0 Å². The second-order valence-electron chi connectivity index (χ2n) is 6.24. The summed E-state index contributed by atoms with van der Waals surface area (Å²) >= 11 is 0. The minimum Gasteiger partial charge on any atom is -0.348 e. The lowest BCUT2D eigenvalue weighted by Crippen LogP contribution is -2.24. The number of rotatable bonds is 6. The molecule has 0 saturated carbocycles. The van der Waals surface area contributed by atoms with Crippen LogP contribution in [0, 0.1) is 12.7 Å². The maximum Gasteiger partial charge on any atom is 0.254 e. The molecule has 0 saturated heterocycles. The number of sulfonamides is 1.